The van der Waals surface area contributed by atoms with Crippen LogP contribution in [0.1, 0.15) is 48.0 Å². The molecule has 0 radical (unpaired) electrons. The molecule has 0 atom stereocenters. The molecule has 7 heteroatoms. The maximum atomic E-state index is 13.7. The lowest BCUT2D eigenvalue weighted by Crippen LogP contribution is -2.50. The molecule has 36 heavy (non-hydrogen) atoms. The summed E-state index contributed by atoms with van der Waals surface area (Å²) in [4.78, 5) is 30.3. The second-order valence-electron chi connectivity index (χ2n) is 9.97. The lowest BCUT2D eigenvalue weighted by atomic mass is 10.0. The van der Waals surface area contributed by atoms with Crippen molar-refractivity contribution in [3.8, 4) is 0 Å². The molecule has 0 aliphatic carbocycles. The molecule has 3 aromatic rings. The summed E-state index contributed by atoms with van der Waals surface area (Å²) in [7, 11) is 1.57. The zero-order chi connectivity index (χ0) is 26.3. The smallest absolute Gasteiger partial charge is 0.255 e. The minimum Gasteiger partial charge on any atom is -0.383 e. The first-order valence-electron chi connectivity index (χ1n) is 12.1. The second-order valence-corrected chi connectivity index (χ2v) is 10.4. The maximum absolute atomic E-state index is 13.7. The number of aryl methyl sites for hydroxylation is 1. The Labute approximate surface area is 219 Å². The molecule has 0 aliphatic heterocycles. The average Bonchev–Trinajstić information content (AvgIpc) is 3.25. The zero-order valence-electron chi connectivity index (χ0n) is 21.8. The Morgan fingerprint density at radius 1 is 1.03 bits per heavy atom. The van der Waals surface area contributed by atoms with E-state index in [1.54, 1.807) is 31.4 Å². The Morgan fingerprint density at radius 3 is 2.44 bits per heavy atom. The lowest BCUT2D eigenvalue weighted by Gasteiger charge is -2.37. The molecule has 0 spiro atoms. The number of carbonyl (C=O) groups is 2. The lowest BCUT2D eigenvalue weighted by molar-refractivity contribution is -0.137. The van der Waals surface area contributed by atoms with E-state index in [2.05, 4.69) is 35.8 Å². The van der Waals surface area contributed by atoms with Crippen LogP contribution in [-0.4, -0.2) is 58.5 Å². The molecule has 0 fully saturated rings. The van der Waals surface area contributed by atoms with Crippen molar-refractivity contribution >= 4 is 23.4 Å². The van der Waals surface area contributed by atoms with Gasteiger partial charge in [-0.1, -0.05) is 53.6 Å². The molecular formula is C29H36ClN3O3. The van der Waals surface area contributed by atoms with Crippen molar-refractivity contribution in [2.45, 2.75) is 46.3 Å². The van der Waals surface area contributed by atoms with Gasteiger partial charge in [-0.05, 0) is 57.5 Å². The maximum Gasteiger partial charge on any atom is 0.255 e. The minimum atomic E-state index is -0.449. The van der Waals surface area contributed by atoms with Crippen LogP contribution < -0.4 is 0 Å². The van der Waals surface area contributed by atoms with Crippen LogP contribution in [0.5, 0.6) is 0 Å². The number of benzene rings is 2. The quantitative estimate of drug-likeness (QED) is 0.367. The average molecular weight is 510 g/mol. The summed E-state index contributed by atoms with van der Waals surface area (Å²) in [5.74, 6) is -0.426. The summed E-state index contributed by atoms with van der Waals surface area (Å²) < 4.78 is 7.37. The van der Waals surface area contributed by atoms with Gasteiger partial charge in [-0.3, -0.25) is 9.59 Å². The van der Waals surface area contributed by atoms with Gasteiger partial charge in [0.2, 0.25) is 5.91 Å². The van der Waals surface area contributed by atoms with E-state index in [1.807, 2.05) is 44.0 Å². The topological polar surface area (TPSA) is 54.8 Å². The predicted octanol–water partition coefficient (Wildman–Crippen LogP) is 5.41. The summed E-state index contributed by atoms with van der Waals surface area (Å²) in [6.07, 6.45) is 2.04. The summed E-state index contributed by atoms with van der Waals surface area (Å²) >= 11 is 6.28. The number of rotatable bonds is 10. The number of nitrogens with zero attached hydrogens (tertiary/aromatic N) is 3. The van der Waals surface area contributed by atoms with Gasteiger partial charge in [-0.15, -0.1) is 0 Å². The highest BCUT2D eigenvalue weighted by Crippen LogP contribution is 2.21. The predicted molar refractivity (Wildman–Crippen MR) is 144 cm³/mol. The van der Waals surface area contributed by atoms with Gasteiger partial charge in [0, 0.05) is 37.6 Å². The van der Waals surface area contributed by atoms with Crippen LogP contribution in [0.2, 0.25) is 5.02 Å². The van der Waals surface area contributed by atoms with E-state index in [0.717, 1.165) is 12.2 Å². The first-order chi connectivity index (χ1) is 17.1. The van der Waals surface area contributed by atoms with E-state index in [0.29, 0.717) is 23.7 Å². The Hall–Kier alpha value is -3.09. The van der Waals surface area contributed by atoms with Crippen LogP contribution in [-0.2, 0) is 22.6 Å². The standard InChI is InChI=1S/C29H36ClN3O3/c1-22-10-8-11-23(18-22)19-31-15-9-12-24(31)20-33(29(2,3)4)27(34)21-32(16-17-36-5)28(35)25-13-6-7-14-26(25)30/h6-15,18H,16-17,19-21H2,1-5H3. The van der Waals surface area contributed by atoms with E-state index in [-0.39, 0.29) is 24.9 Å². The molecule has 0 bridgehead atoms. The van der Waals surface area contributed by atoms with Crippen molar-refractivity contribution in [3.63, 3.8) is 0 Å². The van der Waals surface area contributed by atoms with Crippen molar-refractivity contribution in [3.05, 3.63) is 94.3 Å². The van der Waals surface area contributed by atoms with Crippen molar-refractivity contribution in [1.29, 1.82) is 0 Å². The molecule has 1 aromatic heterocycles. The Bertz CT molecular complexity index is 1180. The van der Waals surface area contributed by atoms with Crippen molar-refractivity contribution < 1.29 is 14.3 Å². The molecule has 2 amide bonds. The Kier molecular flexibility index (Phi) is 9.35. The van der Waals surface area contributed by atoms with Crippen LogP contribution in [0.4, 0.5) is 0 Å². The Balaban J connectivity index is 1.82. The van der Waals surface area contributed by atoms with E-state index in [9.17, 15) is 9.59 Å². The molecule has 0 saturated carbocycles. The van der Waals surface area contributed by atoms with Gasteiger partial charge in [0.15, 0.2) is 0 Å². The molecule has 2 aromatic carbocycles. The molecule has 0 saturated heterocycles. The van der Waals surface area contributed by atoms with Gasteiger partial charge >= 0.3 is 0 Å². The number of methoxy groups -OCH3 is 1. The van der Waals surface area contributed by atoms with Gasteiger partial charge in [0.1, 0.15) is 6.54 Å². The summed E-state index contributed by atoms with van der Waals surface area (Å²) in [5.41, 5.74) is 3.37. The molecule has 0 unspecified atom stereocenters. The minimum absolute atomic E-state index is 0.0662. The third kappa shape index (κ3) is 7.21. The molecule has 1 heterocycles. The molecule has 0 aliphatic rings. The molecular weight excluding hydrogens is 474 g/mol. The fourth-order valence-electron chi connectivity index (χ4n) is 4.12. The number of amides is 2. The zero-order valence-corrected chi connectivity index (χ0v) is 22.6. The summed E-state index contributed by atoms with van der Waals surface area (Å²) in [6, 6.07) is 19.4. The number of aromatic nitrogens is 1. The van der Waals surface area contributed by atoms with E-state index < -0.39 is 5.54 Å². The second kappa shape index (κ2) is 12.2. The fourth-order valence-corrected chi connectivity index (χ4v) is 4.34. The molecule has 3 rings (SSSR count). The van der Waals surface area contributed by atoms with E-state index in [4.69, 9.17) is 16.3 Å². The van der Waals surface area contributed by atoms with Crippen molar-refractivity contribution in [2.75, 3.05) is 26.8 Å². The van der Waals surface area contributed by atoms with Crippen LogP contribution in [0, 0.1) is 6.92 Å². The monoisotopic (exact) mass is 509 g/mol. The van der Waals surface area contributed by atoms with E-state index >= 15 is 0 Å². The Morgan fingerprint density at radius 2 is 1.78 bits per heavy atom. The highest BCUT2D eigenvalue weighted by molar-refractivity contribution is 6.33. The third-order valence-corrected chi connectivity index (χ3v) is 6.40. The SMILES string of the molecule is COCCN(CC(=O)N(Cc1cccn1Cc1cccc(C)c1)C(C)(C)C)C(=O)c1ccccc1Cl. The molecule has 192 valence electrons. The van der Waals surface area contributed by atoms with Gasteiger partial charge in [0.05, 0.1) is 23.7 Å². The van der Waals surface area contributed by atoms with E-state index in [1.165, 1.54) is 16.0 Å². The van der Waals surface area contributed by atoms with Gasteiger partial charge in [-0.2, -0.15) is 0 Å². The normalized spacial score (nSPS) is 11.4. The number of hydrogen-bond acceptors (Lipinski definition) is 3. The van der Waals surface area contributed by atoms with Gasteiger partial charge in [-0.25, -0.2) is 0 Å². The first kappa shape index (κ1) is 27.5. The van der Waals surface area contributed by atoms with Crippen LogP contribution >= 0.6 is 11.6 Å². The number of carbonyl (C=O) groups excluding carboxylic acids is 2. The van der Waals surface area contributed by atoms with Crippen LogP contribution in [0.3, 0.4) is 0 Å². The first-order valence-corrected chi connectivity index (χ1v) is 12.5. The van der Waals surface area contributed by atoms with Gasteiger partial charge < -0.3 is 19.1 Å². The fraction of sp³-hybridized carbons (Fsp3) is 0.379. The largest absolute Gasteiger partial charge is 0.383 e. The van der Waals surface area contributed by atoms with Crippen LogP contribution in [0.15, 0.2) is 66.9 Å². The summed E-state index contributed by atoms with van der Waals surface area (Å²) in [5, 5.41) is 0.360. The number of hydrogen-bond donors (Lipinski definition) is 0. The van der Waals surface area contributed by atoms with Crippen LogP contribution in [0.25, 0.3) is 0 Å². The van der Waals surface area contributed by atoms with Crippen molar-refractivity contribution in [2.24, 2.45) is 0 Å². The highest BCUT2D eigenvalue weighted by atomic mass is 35.5. The summed E-state index contributed by atoms with van der Waals surface area (Å²) in [6.45, 7) is 9.80. The number of ether oxygens (including phenoxy) is 1. The molecule has 6 nitrogen and oxygen atoms in total. The highest BCUT2D eigenvalue weighted by Gasteiger charge is 2.30. The van der Waals surface area contributed by atoms with Crippen molar-refractivity contribution in [1.82, 2.24) is 14.4 Å². The third-order valence-electron chi connectivity index (χ3n) is 6.07. The molecule has 0 N–H and O–H groups in total. The number of halogens is 1. The van der Waals surface area contributed by atoms with Gasteiger partial charge in [0.25, 0.3) is 5.91 Å².